The van der Waals surface area contributed by atoms with Gasteiger partial charge in [0.15, 0.2) is 5.82 Å². The van der Waals surface area contributed by atoms with Crippen molar-refractivity contribution in [1.29, 1.82) is 0 Å². The van der Waals surface area contributed by atoms with E-state index in [2.05, 4.69) is 15.5 Å². The number of hydrogen-bond donors (Lipinski definition) is 1. The van der Waals surface area contributed by atoms with Crippen LogP contribution in [-0.4, -0.2) is 21.0 Å². The highest BCUT2D eigenvalue weighted by atomic mass is 16.6. The van der Waals surface area contributed by atoms with Gasteiger partial charge in [0.1, 0.15) is 6.04 Å². The van der Waals surface area contributed by atoms with Crippen LogP contribution >= 0.6 is 0 Å². The highest BCUT2D eigenvalue weighted by molar-refractivity contribution is 5.92. The molecule has 1 saturated carbocycles. The molecule has 1 aliphatic rings. The Morgan fingerprint density at radius 3 is 2.77 bits per heavy atom. The second-order valence-electron chi connectivity index (χ2n) is 6.64. The molecule has 1 heterocycles. The summed E-state index contributed by atoms with van der Waals surface area (Å²) in [5, 5.41) is 17.8. The molecule has 1 amide bonds. The average molecular weight is 356 g/mol. The Kier molecular flexibility index (Phi) is 5.11. The van der Waals surface area contributed by atoms with Gasteiger partial charge in [-0.05, 0) is 30.9 Å². The number of carbonyl (C=O) groups is 1. The Labute approximate surface area is 150 Å². The standard InChI is InChI=1S/C18H20N4O4/c1-11(2)16(18-20-17(21-26-18)13-7-8-13)19-15(23)10-9-12-5-3-4-6-14(12)22(24)25/h3-6,9-11,13,16H,7-8H2,1-2H3,(H,19,23). The van der Waals surface area contributed by atoms with E-state index in [0.29, 0.717) is 23.2 Å². The Hall–Kier alpha value is -3.03. The van der Waals surface area contributed by atoms with Crippen molar-refractivity contribution in [3.63, 3.8) is 0 Å². The van der Waals surface area contributed by atoms with E-state index in [-0.39, 0.29) is 17.5 Å². The van der Waals surface area contributed by atoms with E-state index in [1.54, 1.807) is 18.2 Å². The fraction of sp³-hybridized carbons (Fsp3) is 0.389. The van der Waals surface area contributed by atoms with Crippen LogP contribution in [-0.2, 0) is 4.79 Å². The summed E-state index contributed by atoms with van der Waals surface area (Å²) in [5.74, 6) is 1.11. The highest BCUT2D eigenvalue weighted by Crippen LogP contribution is 2.38. The Morgan fingerprint density at radius 2 is 2.12 bits per heavy atom. The maximum atomic E-state index is 12.3. The van der Waals surface area contributed by atoms with Gasteiger partial charge in [0.25, 0.3) is 5.69 Å². The van der Waals surface area contributed by atoms with Crippen molar-refractivity contribution in [1.82, 2.24) is 15.5 Å². The number of benzene rings is 1. The number of nitro benzene ring substituents is 1. The van der Waals surface area contributed by atoms with Crippen LogP contribution < -0.4 is 5.32 Å². The van der Waals surface area contributed by atoms with Crippen LogP contribution in [0.5, 0.6) is 0 Å². The van der Waals surface area contributed by atoms with Crippen LogP contribution in [0.1, 0.15) is 55.9 Å². The lowest BCUT2D eigenvalue weighted by Crippen LogP contribution is -2.30. The SMILES string of the molecule is CC(C)C(NC(=O)C=Cc1ccccc1[N+](=O)[O-])c1nc(C2CC2)no1. The van der Waals surface area contributed by atoms with Crippen LogP contribution in [0.3, 0.4) is 0 Å². The molecule has 8 nitrogen and oxygen atoms in total. The fourth-order valence-electron chi connectivity index (χ4n) is 2.56. The van der Waals surface area contributed by atoms with Gasteiger partial charge in [0, 0.05) is 18.1 Å². The van der Waals surface area contributed by atoms with E-state index in [1.165, 1.54) is 18.2 Å². The first kappa shape index (κ1) is 17.8. The fourth-order valence-corrected chi connectivity index (χ4v) is 2.56. The number of nitro groups is 1. The summed E-state index contributed by atoms with van der Waals surface area (Å²) < 4.78 is 5.31. The molecule has 0 saturated heterocycles. The lowest BCUT2D eigenvalue weighted by molar-refractivity contribution is -0.385. The minimum Gasteiger partial charge on any atom is -0.340 e. The van der Waals surface area contributed by atoms with Gasteiger partial charge in [-0.3, -0.25) is 14.9 Å². The number of rotatable bonds is 7. The van der Waals surface area contributed by atoms with Gasteiger partial charge in [-0.2, -0.15) is 4.98 Å². The molecule has 1 unspecified atom stereocenters. The van der Waals surface area contributed by atoms with Crippen molar-refractivity contribution in [3.05, 3.63) is 57.7 Å². The van der Waals surface area contributed by atoms with E-state index in [1.807, 2.05) is 13.8 Å². The van der Waals surface area contributed by atoms with Crippen LogP contribution in [0.25, 0.3) is 6.08 Å². The van der Waals surface area contributed by atoms with Crippen molar-refractivity contribution in [2.24, 2.45) is 5.92 Å². The van der Waals surface area contributed by atoms with Crippen molar-refractivity contribution in [3.8, 4) is 0 Å². The maximum Gasteiger partial charge on any atom is 0.276 e. The van der Waals surface area contributed by atoms with Gasteiger partial charge in [-0.25, -0.2) is 0 Å². The predicted molar refractivity (Wildman–Crippen MR) is 94.1 cm³/mol. The lowest BCUT2D eigenvalue weighted by atomic mass is 10.0. The lowest BCUT2D eigenvalue weighted by Gasteiger charge is -2.17. The molecule has 2 aromatic rings. The first-order chi connectivity index (χ1) is 12.5. The van der Waals surface area contributed by atoms with Crippen LogP contribution in [0.4, 0.5) is 5.69 Å². The third-order valence-electron chi connectivity index (χ3n) is 4.18. The largest absolute Gasteiger partial charge is 0.340 e. The first-order valence-corrected chi connectivity index (χ1v) is 8.51. The molecule has 1 aromatic heterocycles. The zero-order valence-corrected chi connectivity index (χ0v) is 14.6. The number of aromatic nitrogens is 2. The summed E-state index contributed by atoms with van der Waals surface area (Å²) in [6, 6.07) is 5.82. The van der Waals surface area contributed by atoms with Gasteiger partial charge < -0.3 is 9.84 Å². The summed E-state index contributed by atoms with van der Waals surface area (Å²) in [6.45, 7) is 3.88. The van der Waals surface area contributed by atoms with Crippen LogP contribution in [0, 0.1) is 16.0 Å². The molecular formula is C18H20N4O4. The number of hydrogen-bond acceptors (Lipinski definition) is 6. The molecule has 0 spiro atoms. The molecule has 1 atom stereocenters. The molecule has 0 radical (unpaired) electrons. The molecule has 1 N–H and O–H groups in total. The summed E-state index contributed by atoms with van der Waals surface area (Å²) >= 11 is 0. The highest BCUT2D eigenvalue weighted by Gasteiger charge is 2.31. The zero-order chi connectivity index (χ0) is 18.7. The Balaban J connectivity index is 1.71. The minimum atomic E-state index is -0.480. The number of amides is 1. The monoisotopic (exact) mass is 356 g/mol. The van der Waals surface area contributed by atoms with Crippen molar-refractivity contribution in [2.75, 3.05) is 0 Å². The van der Waals surface area contributed by atoms with E-state index >= 15 is 0 Å². The molecule has 1 aromatic carbocycles. The Morgan fingerprint density at radius 1 is 1.38 bits per heavy atom. The van der Waals surface area contributed by atoms with Crippen LogP contribution in [0.2, 0.25) is 0 Å². The van der Waals surface area contributed by atoms with Crippen molar-refractivity contribution in [2.45, 2.75) is 38.6 Å². The maximum absolute atomic E-state index is 12.3. The summed E-state index contributed by atoms with van der Waals surface area (Å²) in [5.41, 5.74) is 0.311. The van der Waals surface area contributed by atoms with Crippen LogP contribution in [0.15, 0.2) is 34.9 Å². The van der Waals surface area contributed by atoms with Crippen molar-refractivity contribution >= 4 is 17.7 Å². The molecule has 26 heavy (non-hydrogen) atoms. The molecule has 3 rings (SSSR count). The van der Waals surface area contributed by atoms with Gasteiger partial charge >= 0.3 is 0 Å². The first-order valence-electron chi connectivity index (χ1n) is 8.51. The van der Waals surface area contributed by atoms with Gasteiger partial charge in [-0.1, -0.05) is 31.1 Å². The molecule has 136 valence electrons. The second-order valence-corrected chi connectivity index (χ2v) is 6.64. The Bertz CT molecular complexity index is 839. The predicted octanol–water partition coefficient (Wildman–Crippen LogP) is 3.38. The third-order valence-corrected chi connectivity index (χ3v) is 4.18. The topological polar surface area (TPSA) is 111 Å². The number of carbonyl (C=O) groups excluding carboxylic acids is 1. The molecule has 0 aliphatic heterocycles. The number of para-hydroxylation sites is 1. The normalized spacial score (nSPS) is 15.3. The smallest absolute Gasteiger partial charge is 0.276 e. The average Bonchev–Trinajstić information content (AvgIpc) is 3.35. The summed E-state index contributed by atoms with van der Waals surface area (Å²) in [4.78, 5) is 27.2. The van der Waals surface area contributed by atoms with Gasteiger partial charge in [0.2, 0.25) is 11.8 Å². The van der Waals surface area contributed by atoms with E-state index in [9.17, 15) is 14.9 Å². The van der Waals surface area contributed by atoms with E-state index in [4.69, 9.17) is 4.52 Å². The minimum absolute atomic E-state index is 0.0471. The molecule has 8 heteroatoms. The van der Waals surface area contributed by atoms with Crippen molar-refractivity contribution < 1.29 is 14.2 Å². The summed E-state index contributed by atoms with van der Waals surface area (Å²) in [6.07, 6.45) is 4.83. The van der Waals surface area contributed by atoms with Gasteiger partial charge in [-0.15, -0.1) is 0 Å². The van der Waals surface area contributed by atoms with E-state index in [0.717, 1.165) is 12.8 Å². The third kappa shape index (κ3) is 4.14. The quantitative estimate of drug-likeness (QED) is 0.462. The molecule has 1 aliphatic carbocycles. The second kappa shape index (κ2) is 7.47. The summed E-state index contributed by atoms with van der Waals surface area (Å²) in [7, 11) is 0. The number of nitrogens with one attached hydrogen (secondary N) is 1. The molecule has 0 bridgehead atoms. The molecule has 1 fully saturated rings. The van der Waals surface area contributed by atoms with Gasteiger partial charge in [0.05, 0.1) is 10.5 Å². The van der Waals surface area contributed by atoms with E-state index < -0.39 is 11.0 Å². The number of nitrogens with zero attached hydrogens (tertiary/aromatic N) is 3. The molecular weight excluding hydrogens is 336 g/mol. The zero-order valence-electron chi connectivity index (χ0n) is 14.6.